The van der Waals surface area contributed by atoms with Crippen LogP contribution < -0.4 is 4.74 Å². The quantitative estimate of drug-likeness (QED) is 0.903. The minimum absolute atomic E-state index is 0.112. The summed E-state index contributed by atoms with van der Waals surface area (Å²) in [5.41, 5.74) is -0.622. The Kier molecular flexibility index (Phi) is 5.20. The Morgan fingerprint density at radius 1 is 1.53 bits per heavy atom. The molecule has 0 bridgehead atoms. The monoisotopic (exact) mass is 285 g/mol. The van der Waals surface area contributed by atoms with Crippen LogP contribution in [-0.4, -0.2) is 41.2 Å². The second-order valence-corrected chi connectivity index (χ2v) is 5.52. The number of aliphatic hydroxyl groups excluding tert-OH is 1. The van der Waals surface area contributed by atoms with Crippen molar-refractivity contribution in [3.8, 4) is 5.75 Å². The van der Waals surface area contributed by atoms with Crippen molar-refractivity contribution in [3.05, 3.63) is 29.3 Å². The highest BCUT2D eigenvalue weighted by Gasteiger charge is 2.30. The van der Waals surface area contributed by atoms with E-state index in [0.29, 0.717) is 10.8 Å². The molecule has 0 heterocycles. The molecule has 1 rings (SSSR count). The zero-order chi connectivity index (χ0) is 14.6. The molecule has 1 unspecified atom stereocenters. The van der Waals surface area contributed by atoms with Crippen LogP contribution in [0.15, 0.2) is 24.3 Å². The van der Waals surface area contributed by atoms with E-state index in [-0.39, 0.29) is 12.5 Å². The van der Waals surface area contributed by atoms with Crippen molar-refractivity contribution < 1.29 is 14.6 Å². The van der Waals surface area contributed by atoms with Crippen molar-refractivity contribution in [1.82, 2.24) is 4.90 Å². The van der Waals surface area contributed by atoms with Gasteiger partial charge in [-0.15, -0.1) is 0 Å². The van der Waals surface area contributed by atoms with E-state index in [4.69, 9.17) is 16.3 Å². The lowest BCUT2D eigenvalue weighted by Gasteiger charge is -2.35. The Balaban J connectivity index is 2.73. The number of nitrogens with zero attached hydrogens (tertiary/aromatic N) is 1. The van der Waals surface area contributed by atoms with Gasteiger partial charge in [0.1, 0.15) is 5.75 Å². The number of rotatable bonds is 5. The van der Waals surface area contributed by atoms with Gasteiger partial charge in [-0.3, -0.25) is 4.79 Å². The summed E-state index contributed by atoms with van der Waals surface area (Å²) in [5, 5.41) is 9.83. The largest absolute Gasteiger partial charge is 0.481 e. The van der Waals surface area contributed by atoms with Gasteiger partial charge < -0.3 is 14.7 Å². The van der Waals surface area contributed by atoms with Gasteiger partial charge in [0.2, 0.25) is 0 Å². The molecule has 1 aromatic carbocycles. The van der Waals surface area contributed by atoms with E-state index in [0.717, 1.165) is 0 Å². The number of carbonyl (C=O) groups is 1. The number of halogens is 1. The highest BCUT2D eigenvalue weighted by Crippen LogP contribution is 2.20. The van der Waals surface area contributed by atoms with E-state index in [1.165, 1.54) is 4.90 Å². The predicted octanol–water partition coefficient (Wildman–Crippen LogP) is 2.34. The molecule has 1 N–H and O–H groups in total. The summed E-state index contributed by atoms with van der Waals surface area (Å²) in [6, 6.07) is 6.90. The van der Waals surface area contributed by atoms with Gasteiger partial charge in [-0.25, -0.2) is 0 Å². The summed E-state index contributed by atoms with van der Waals surface area (Å²) in [7, 11) is 1.65. The van der Waals surface area contributed by atoms with E-state index in [2.05, 4.69) is 0 Å². The van der Waals surface area contributed by atoms with Crippen LogP contribution in [0.2, 0.25) is 5.02 Å². The first-order valence-electron chi connectivity index (χ1n) is 6.08. The number of benzene rings is 1. The molecule has 19 heavy (non-hydrogen) atoms. The Morgan fingerprint density at radius 3 is 2.68 bits per heavy atom. The van der Waals surface area contributed by atoms with Gasteiger partial charge in [-0.05, 0) is 39.0 Å². The van der Waals surface area contributed by atoms with Crippen LogP contribution in [0.5, 0.6) is 5.75 Å². The average molecular weight is 286 g/mol. The van der Waals surface area contributed by atoms with Crippen LogP contribution in [0, 0.1) is 0 Å². The number of hydrogen-bond donors (Lipinski definition) is 1. The van der Waals surface area contributed by atoms with Crippen LogP contribution in [0.4, 0.5) is 0 Å². The Morgan fingerprint density at radius 2 is 2.16 bits per heavy atom. The topological polar surface area (TPSA) is 49.8 Å². The maximum Gasteiger partial charge on any atom is 0.263 e. The third-order valence-corrected chi connectivity index (χ3v) is 3.32. The summed E-state index contributed by atoms with van der Waals surface area (Å²) in [5.74, 6) is 0.350. The first-order valence-corrected chi connectivity index (χ1v) is 6.46. The maximum absolute atomic E-state index is 12.2. The Hall–Kier alpha value is -1.26. The molecule has 0 aliphatic carbocycles. The molecule has 0 aromatic heterocycles. The second-order valence-electron chi connectivity index (χ2n) is 5.09. The Labute approximate surface area is 118 Å². The number of ether oxygens (including phenoxy) is 1. The van der Waals surface area contributed by atoms with Crippen LogP contribution in [0.25, 0.3) is 0 Å². The smallest absolute Gasteiger partial charge is 0.263 e. The molecule has 0 aliphatic heterocycles. The normalized spacial score (nSPS) is 12.9. The highest BCUT2D eigenvalue weighted by atomic mass is 35.5. The predicted molar refractivity (Wildman–Crippen MR) is 75.5 cm³/mol. The summed E-state index contributed by atoms with van der Waals surface area (Å²) in [6.07, 6.45) is -0.644. The van der Waals surface area contributed by atoms with E-state index in [9.17, 15) is 9.90 Å². The summed E-state index contributed by atoms with van der Waals surface area (Å²) in [6.45, 7) is 5.14. The van der Waals surface area contributed by atoms with Gasteiger partial charge in [0.15, 0.2) is 6.10 Å². The first kappa shape index (κ1) is 15.8. The van der Waals surface area contributed by atoms with E-state index in [1.807, 2.05) is 0 Å². The minimum atomic E-state index is -0.644. The van der Waals surface area contributed by atoms with Gasteiger partial charge >= 0.3 is 0 Å². The van der Waals surface area contributed by atoms with E-state index >= 15 is 0 Å². The number of carbonyl (C=O) groups excluding carboxylic acids is 1. The van der Waals surface area contributed by atoms with Crippen molar-refractivity contribution in [2.45, 2.75) is 32.4 Å². The van der Waals surface area contributed by atoms with E-state index < -0.39 is 11.6 Å². The fraction of sp³-hybridized carbons (Fsp3) is 0.500. The fourth-order valence-corrected chi connectivity index (χ4v) is 1.65. The van der Waals surface area contributed by atoms with Crippen LogP contribution in [0.3, 0.4) is 0 Å². The zero-order valence-corrected chi connectivity index (χ0v) is 12.4. The van der Waals surface area contributed by atoms with Crippen molar-refractivity contribution in [1.29, 1.82) is 0 Å². The van der Waals surface area contributed by atoms with Crippen molar-refractivity contribution in [2.24, 2.45) is 0 Å². The second kappa shape index (κ2) is 6.26. The van der Waals surface area contributed by atoms with Crippen LogP contribution in [0.1, 0.15) is 20.8 Å². The molecule has 0 spiro atoms. The minimum Gasteiger partial charge on any atom is -0.481 e. The van der Waals surface area contributed by atoms with Gasteiger partial charge in [0.05, 0.1) is 12.1 Å². The first-order chi connectivity index (χ1) is 8.77. The molecule has 1 amide bonds. The van der Waals surface area contributed by atoms with Gasteiger partial charge in [0, 0.05) is 12.1 Å². The molecule has 5 heteroatoms. The van der Waals surface area contributed by atoms with Crippen molar-refractivity contribution in [2.75, 3.05) is 13.7 Å². The SMILES string of the molecule is CC(Oc1cccc(Cl)c1)C(=O)N(C)C(C)(C)CO. The highest BCUT2D eigenvalue weighted by molar-refractivity contribution is 6.30. The molecule has 0 saturated carbocycles. The molecule has 1 aromatic rings. The molecule has 0 aliphatic rings. The molecule has 0 saturated heterocycles. The number of amides is 1. The summed E-state index contributed by atoms with van der Waals surface area (Å²) >= 11 is 5.86. The fourth-order valence-electron chi connectivity index (χ4n) is 1.47. The third kappa shape index (κ3) is 4.11. The number of aliphatic hydroxyl groups is 1. The lowest BCUT2D eigenvalue weighted by molar-refractivity contribution is -0.142. The van der Waals surface area contributed by atoms with Gasteiger partial charge in [-0.1, -0.05) is 17.7 Å². The molecule has 106 valence electrons. The number of hydrogen-bond acceptors (Lipinski definition) is 3. The average Bonchev–Trinajstić information content (AvgIpc) is 2.36. The summed E-state index contributed by atoms with van der Waals surface area (Å²) < 4.78 is 5.56. The molecular formula is C14H20ClNO3. The molecular weight excluding hydrogens is 266 g/mol. The molecule has 4 nitrogen and oxygen atoms in total. The van der Waals surface area contributed by atoms with E-state index in [1.54, 1.807) is 52.1 Å². The van der Waals surface area contributed by atoms with Crippen LogP contribution >= 0.6 is 11.6 Å². The standard InChI is InChI=1S/C14H20ClNO3/c1-10(13(18)16(4)14(2,3)9-17)19-12-7-5-6-11(15)8-12/h5-8,10,17H,9H2,1-4H3. The van der Waals surface area contributed by atoms with Crippen molar-refractivity contribution >= 4 is 17.5 Å². The lowest BCUT2D eigenvalue weighted by Crippen LogP contribution is -2.51. The van der Waals surface area contributed by atoms with Gasteiger partial charge in [0.25, 0.3) is 5.91 Å². The molecule has 0 fully saturated rings. The third-order valence-electron chi connectivity index (χ3n) is 3.08. The van der Waals surface area contributed by atoms with Gasteiger partial charge in [-0.2, -0.15) is 0 Å². The zero-order valence-electron chi connectivity index (χ0n) is 11.7. The maximum atomic E-state index is 12.2. The van der Waals surface area contributed by atoms with Crippen molar-refractivity contribution in [3.63, 3.8) is 0 Å². The summed E-state index contributed by atoms with van der Waals surface area (Å²) in [4.78, 5) is 13.7. The molecule has 0 radical (unpaired) electrons. The lowest BCUT2D eigenvalue weighted by atomic mass is 10.0. The number of likely N-dealkylation sites (N-methyl/N-ethyl adjacent to an activating group) is 1. The molecule has 1 atom stereocenters. The Bertz CT molecular complexity index is 448. The van der Waals surface area contributed by atoms with Crippen LogP contribution in [-0.2, 0) is 4.79 Å².